The summed E-state index contributed by atoms with van der Waals surface area (Å²) in [6.45, 7) is 0.987. The molecule has 0 saturated heterocycles. The molecule has 2 nitrogen and oxygen atoms in total. The highest BCUT2D eigenvalue weighted by Gasteiger charge is 2.12. The van der Waals surface area contributed by atoms with Gasteiger partial charge in [0.25, 0.3) is 0 Å². The SMILES string of the molecule is Clc1cncc2c1NCC2. The molecule has 1 aliphatic heterocycles. The first-order valence-corrected chi connectivity index (χ1v) is 3.62. The predicted molar refractivity (Wildman–Crippen MR) is 41.4 cm³/mol. The molecular formula is C7H7ClN2. The Bertz CT molecular complexity index is 260. The van der Waals surface area contributed by atoms with Crippen molar-refractivity contribution in [2.75, 3.05) is 11.9 Å². The van der Waals surface area contributed by atoms with Crippen molar-refractivity contribution in [3.63, 3.8) is 0 Å². The summed E-state index contributed by atoms with van der Waals surface area (Å²) in [5.41, 5.74) is 2.30. The lowest BCUT2D eigenvalue weighted by molar-refractivity contribution is 1.09. The summed E-state index contributed by atoms with van der Waals surface area (Å²) in [4.78, 5) is 3.98. The molecule has 0 spiro atoms. The lowest BCUT2D eigenvalue weighted by atomic mass is 10.2. The minimum Gasteiger partial charge on any atom is -0.383 e. The van der Waals surface area contributed by atoms with E-state index < -0.39 is 0 Å². The van der Waals surface area contributed by atoms with Crippen LogP contribution in [0.4, 0.5) is 5.69 Å². The van der Waals surface area contributed by atoms with E-state index in [-0.39, 0.29) is 0 Å². The van der Waals surface area contributed by atoms with Crippen molar-refractivity contribution < 1.29 is 0 Å². The summed E-state index contributed by atoms with van der Waals surface area (Å²) in [5.74, 6) is 0. The molecule has 0 atom stereocenters. The summed E-state index contributed by atoms with van der Waals surface area (Å²) < 4.78 is 0. The van der Waals surface area contributed by atoms with Crippen molar-refractivity contribution in [2.24, 2.45) is 0 Å². The van der Waals surface area contributed by atoms with Crippen LogP contribution in [0.5, 0.6) is 0 Å². The second-order valence-electron chi connectivity index (χ2n) is 2.33. The second kappa shape index (κ2) is 2.13. The average molecular weight is 155 g/mol. The number of hydrogen-bond donors (Lipinski definition) is 1. The molecule has 52 valence electrons. The molecule has 1 aromatic rings. The van der Waals surface area contributed by atoms with E-state index in [9.17, 15) is 0 Å². The van der Waals surface area contributed by atoms with Gasteiger partial charge in [-0.15, -0.1) is 0 Å². The van der Waals surface area contributed by atoms with E-state index in [4.69, 9.17) is 11.6 Å². The van der Waals surface area contributed by atoms with Crippen LogP contribution >= 0.6 is 11.6 Å². The van der Waals surface area contributed by atoms with Crippen molar-refractivity contribution in [2.45, 2.75) is 6.42 Å². The van der Waals surface area contributed by atoms with Crippen molar-refractivity contribution in [1.82, 2.24) is 4.98 Å². The Labute approximate surface area is 64.2 Å². The molecule has 0 fully saturated rings. The molecule has 0 radical (unpaired) electrons. The maximum absolute atomic E-state index is 5.84. The van der Waals surface area contributed by atoms with Gasteiger partial charge < -0.3 is 5.32 Å². The third kappa shape index (κ3) is 0.762. The van der Waals surface area contributed by atoms with Gasteiger partial charge in [0.15, 0.2) is 0 Å². The van der Waals surface area contributed by atoms with E-state index in [0.29, 0.717) is 0 Å². The highest BCUT2D eigenvalue weighted by molar-refractivity contribution is 6.33. The van der Waals surface area contributed by atoms with E-state index in [2.05, 4.69) is 10.3 Å². The normalized spacial score (nSPS) is 14.5. The molecule has 1 aromatic heterocycles. The van der Waals surface area contributed by atoms with Gasteiger partial charge in [0, 0.05) is 18.9 Å². The van der Waals surface area contributed by atoms with Crippen molar-refractivity contribution in [3.05, 3.63) is 23.0 Å². The van der Waals surface area contributed by atoms with Gasteiger partial charge in [-0.2, -0.15) is 0 Å². The van der Waals surface area contributed by atoms with Crippen molar-refractivity contribution in [1.29, 1.82) is 0 Å². The zero-order chi connectivity index (χ0) is 6.97. The number of anilines is 1. The molecule has 0 unspecified atom stereocenters. The molecule has 0 saturated carbocycles. The van der Waals surface area contributed by atoms with Gasteiger partial charge >= 0.3 is 0 Å². The third-order valence-corrected chi connectivity index (χ3v) is 1.96. The van der Waals surface area contributed by atoms with Crippen molar-refractivity contribution >= 4 is 17.3 Å². The van der Waals surface area contributed by atoms with E-state index >= 15 is 0 Å². The van der Waals surface area contributed by atoms with E-state index in [0.717, 1.165) is 23.7 Å². The predicted octanol–water partition coefficient (Wildman–Crippen LogP) is 1.70. The molecule has 1 N–H and O–H groups in total. The van der Waals surface area contributed by atoms with Gasteiger partial charge in [0.2, 0.25) is 0 Å². The highest BCUT2D eigenvalue weighted by atomic mass is 35.5. The molecule has 3 heteroatoms. The Morgan fingerprint density at radius 1 is 1.50 bits per heavy atom. The minimum absolute atomic E-state index is 0.731. The topological polar surface area (TPSA) is 24.9 Å². The number of rotatable bonds is 0. The Morgan fingerprint density at radius 2 is 2.40 bits per heavy atom. The zero-order valence-corrected chi connectivity index (χ0v) is 6.15. The minimum atomic E-state index is 0.731. The van der Waals surface area contributed by atoms with Crippen LogP contribution in [-0.2, 0) is 6.42 Å². The zero-order valence-electron chi connectivity index (χ0n) is 5.39. The molecule has 0 amide bonds. The molecule has 0 bridgehead atoms. The smallest absolute Gasteiger partial charge is 0.0823 e. The molecular weight excluding hydrogens is 148 g/mol. The van der Waals surface area contributed by atoms with Crippen molar-refractivity contribution in [3.8, 4) is 0 Å². The fraction of sp³-hybridized carbons (Fsp3) is 0.286. The van der Waals surface area contributed by atoms with Crippen LogP contribution in [0.3, 0.4) is 0 Å². The summed E-state index contributed by atoms with van der Waals surface area (Å²) in [6, 6.07) is 0. The molecule has 1 aliphatic rings. The lowest BCUT2D eigenvalue weighted by Crippen LogP contribution is -1.91. The van der Waals surface area contributed by atoms with Gasteiger partial charge in [0.1, 0.15) is 0 Å². The van der Waals surface area contributed by atoms with E-state index in [1.54, 1.807) is 6.20 Å². The fourth-order valence-corrected chi connectivity index (χ4v) is 1.43. The van der Waals surface area contributed by atoms with Crippen LogP contribution in [0.15, 0.2) is 12.4 Å². The monoisotopic (exact) mass is 154 g/mol. The second-order valence-corrected chi connectivity index (χ2v) is 2.74. The standard InChI is InChI=1S/C7H7ClN2/c8-6-4-9-3-5-1-2-10-7(5)6/h3-4,10H,1-2H2. The number of halogens is 1. The Morgan fingerprint density at radius 3 is 3.20 bits per heavy atom. The fourth-order valence-electron chi connectivity index (χ4n) is 1.18. The number of nitrogens with one attached hydrogen (secondary N) is 1. The Balaban J connectivity index is 2.59. The summed E-state index contributed by atoms with van der Waals surface area (Å²) in [5, 5.41) is 3.93. The largest absolute Gasteiger partial charge is 0.383 e. The third-order valence-electron chi connectivity index (χ3n) is 1.67. The number of aromatic nitrogens is 1. The average Bonchev–Trinajstić information content (AvgIpc) is 2.36. The van der Waals surface area contributed by atoms with Gasteiger partial charge in [-0.05, 0) is 12.0 Å². The van der Waals surface area contributed by atoms with Gasteiger partial charge in [-0.1, -0.05) is 11.6 Å². The Hall–Kier alpha value is -0.760. The van der Waals surface area contributed by atoms with Gasteiger partial charge in [0.05, 0.1) is 10.7 Å². The summed E-state index contributed by atoms with van der Waals surface area (Å²) in [7, 11) is 0. The number of nitrogens with zero attached hydrogens (tertiary/aromatic N) is 1. The number of hydrogen-bond acceptors (Lipinski definition) is 2. The molecule has 2 heterocycles. The van der Waals surface area contributed by atoms with E-state index in [1.165, 1.54) is 5.56 Å². The first kappa shape index (κ1) is 5.98. The van der Waals surface area contributed by atoms with Crippen LogP contribution in [0.25, 0.3) is 0 Å². The van der Waals surface area contributed by atoms with Crippen LogP contribution < -0.4 is 5.32 Å². The molecule has 2 rings (SSSR count). The maximum atomic E-state index is 5.84. The first-order chi connectivity index (χ1) is 4.88. The van der Waals surface area contributed by atoms with Crippen LogP contribution in [0.1, 0.15) is 5.56 Å². The van der Waals surface area contributed by atoms with Gasteiger partial charge in [-0.3, -0.25) is 4.98 Å². The van der Waals surface area contributed by atoms with Crippen LogP contribution in [0, 0.1) is 0 Å². The number of pyridine rings is 1. The number of fused-ring (bicyclic) bond motifs is 1. The first-order valence-electron chi connectivity index (χ1n) is 3.24. The van der Waals surface area contributed by atoms with Gasteiger partial charge in [-0.25, -0.2) is 0 Å². The van der Waals surface area contributed by atoms with Crippen LogP contribution in [-0.4, -0.2) is 11.5 Å². The van der Waals surface area contributed by atoms with Crippen LogP contribution in [0.2, 0.25) is 5.02 Å². The lowest BCUT2D eigenvalue weighted by Gasteiger charge is -1.98. The summed E-state index contributed by atoms with van der Waals surface area (Å²) in [6.07, 6.45) is 4.57. The quantitative estimate of drug-likeness (QED) is 0.616. The van der Waals surface area contributed by atoms with E-state index in [1.807, 2.05) is 6.20 Å². The summed E-state index contributed by atoms with van der Waals surface area (Å²) >= 11 is 5.84. The molecule has 0 aliphatic carbocycles. The maximum Gasteiger partial charge on any atom is 0.0823 e. The molecule has 10 heavy (non-hydrogen) atoms. The Kier molecular flexibility index (Phi) is 1.27. The molecule has 0 aromatic carbocycles. The highest BCUT2D eigenvalue weighted by Crippen LogP contribution is 2.28.